The highest BCUT2D eigenvalue weighted by molar-refractivity contribution is 7.86. The largest absolute Gasteiger partial charge is 0.505 e. The van der Waals surface area contributed by atoms with Gasteiger partial charge in [-0.25, -0.2) is 13.4 Å². The molecule has 2 aromatic carbocycles. The van der Waals surface area contributed by atoms with Gasteiger partial charge in [-0.05, 0) is 49.2 Å². The highest BCUT2D eigenvalue weighted by atomic mass is 35.5. The third-order valence-electron chi connectivity index (χ3n) is 4.45. The van der Waals surface area contributed by atoms with E-state index in [0.717, 1.165) is 0 Å². The summed E-state index contributed by atoms with van der Waals surface area (Å²) in [6.45, 7) is 7.80. The van der Waals surface area contributed by atoms with E-state index in [2.05, 4.69) is 4.72 Å². The van der Waals surface area contributed by atoms with Gasteiger partial charge in [0, 0.05) is 5.57 Å². The molecule has 0 saturated heterocycles. The lowest BCUT2D eigenvalue weighted by Gasteiger charge is -2.16. The normalized spacial score (nSPS) is 18.7. The molecule has 1 heterocycles. The first-order valence-electron chi connectivity index (χ1n) is 10.5. The molecular weight excluding hydrogens is 469 g/mol. The number of carbonyl (C=O) groups is 1. The fourth-order valence-electron chi connectivity index (χ4n) is 3.01. The minimum atomic E-state index is -2.12. The number of fused-ring (bicyclic) bond motifs is 4. The first-order valence-corrected chi connectivity index (χ1v) is 12.1. The van der Waals surface area contributed by atoms with E-state index < -0.39 is 28.5 Å². The van der Waals surface area contributed by atoms with Crippen LogP contribution < -0.4 is 4.72 Å². The molecule has 1 atom stereocenters. The van der Waals surface area contributed by atoms with Crippen molar-refractivity contribution in [3.63, 3.8) is 0 Å². The van der Waals surface area contributed by atoms with Crippen molar-refractivity contribution in [1.82, 2.24) is 0 Å². The molecule has 0 saturated carbocycles. The number of cyclic esters (lactones) is 1. The number of phenolic OH excluding ortho intramolecular Hbond substituents is 1. The van der Waals surface area contributed by atoms with E-state index in [4.69, 9.17) is 21.1 Å². The summed E-state index contributed by atoms with van der Waals surface area (Å²) in [5.41, 5.74) is 1.30. The Morgan fingerprint density at radius 2 is 1.88 bits per heavy atom. The molecule has 1 aliphatic heterocycles. The summed E-state index contributed by atoms with van der Waals surface area (Å²) in [6, 6.07) is 6.74. The molecule has 3 rings (SSSR count). The minimum absolute atomic E-state index is 0.00475. The van der Waals surface area contributed by atoms with Crippen LogP contribution in [-0.2, 0) is 20.5 Å². The number of carbonyl (C=O) groups excluding carboxylic acids is 1. The van der Waals surface area contributed by atoms with Crippen LogP contribution in [0.15, 0.2) is 53.1 Å². The Morgan fingerprint density at radius 3 is 2.55 bits per heavy atom. The van der Waals surface area contributed by atoms with Crippen molar-refractivity contribution in [1.29, 1.82) is 0 Å². The monoisotopic (exact) mass is 495 g/mol. The molecule has 0 aliphatic carbocycles. The smallest absolute Gasteiger partial charge is 0.338 e. The van der Waals surface area contributed by atoms with Gasteiger partial charge in [0.05, 0.1) is 16.3 Å². The molecule has 2 aromatic rings. The number of aromatic hydroxyl groups is 1. The third-order valence-corrected chi connectivity index (χ3v) is 5.86. The molecule has 33 heavy (non-hydrogen) atoms. The van der Waals surface area contributed by atoms with Gasteiger partial charge in [0.2, 0.25) is 0 Å². The summed E-state index contributed by atoms with van der Waals surface area (Å²) < 4.78 is 41.0. The predicted octanol–water partition coefficient (Wildman–Crippen LogP) is 6.23. The number of hydrogen-bond acceptors (Lipinski definition) is 5. The average Bonchev–Trinajstić information content (AvgIpc) is 2.82. The van der Waals surface area contributed by atoms with Crippen LogP contribution in [0, 0.1) is 5.82 Å². The van der Waals surface area contributed by atoms with Crippen LogP contribution >= 0.6 is 11.6 Å². The standard InChI is InChI=1S/C22H21ClFNO5S.C2H6/c1-3-5-15-13-6-7-17(24)18(11-13)25-31(28)20-12-14(10-16(23)21(20)26)22(27)30-9-8-29-19(15)4-2;1-2/h4-7,10-12,25-26H,3,8-9H2,1-2H3;1-2H3/b15-5-,19-4+;. The number of allylic oxidation sites excluding steroid dienone is 3. The fraction of sp³-hybridized carbons (Fsp3) is 0.292. The number of benzene rings is 2. The quantitative estimate of drug-likeness (QED) is 0.458. The Morgan fingerprint density at radius 1 is 1.18 bits per heavy atom. The summed E-state index contributed by atoms with van der Waals surface area (Å²) in [7, 11) is -2.12. The highest BCUT2D eigenvalue weighted by Crippen LogP contribution is 2.34. The van der Waals surface area contributed by atoms with Crippen molar-refractivity contribution in [2.24, 2.45) is 0 Å². The van der Waals surface area contributed by atoms with Gasteiger partial charge < -0.3 is 14.6 Å². The van der Waals surface area contributed by atoms with Crippen molar-refractivity contribution in [2.45, 2.75) is 39.0 Å². The summed E-state index contributed by atoms with van der Waals surface area (Å²) in [6.07, 6.45) is 4.37. The number of anilines is 1. The van der Waals surface area contributed by atoms with E-state index in [1.165, 1.54) is 24.3 Å². The van der Waals surface area contributed by atoms with Crippen LogP contribution in [0.1, 0.15) is 50.0 Å². The average molecular weight is 496 g/mol. The van der Waals surface area contributed by atoms with E-state index in [9.17, 15) is 18.5 Å². The Hall–Kier alpha value is -2.84. The molecule has 9 heteroatoms. The highest BCUT2D eigenvalue weighted by Gasteiger charge is 2.21. The van der Waals surface area contributed by atoms with E-state index in [1.807, 2.05) is 26.8 Å². The van der Waals surface area contributed by atoms with Crippen LogP contribution in [0.3, 0.4) is 0 Å². The molecule has 0 fully saturated rings. The maximum atomic E-state index is 14.5. The van der Waals surface area contributed by atoms with Crippen molar-refractivity contribution in [3.8, 4) is 5.75 Å². The second kappa shape index (κ2) is 12.4. The fourth-order valence-corrected chi connectivity index (χ4v) is 4.27. The van der Waals surface area contributed by atoms with Gasteiger partial charge in [0.25, 0.3) is 0 Å². The van der Waals surface area contributed by atoms with Gasteiger partial charge in [-0.3, -0.25) is 4.72 Å². The lowest BCUT2D eigenvalue weighted by atomic mass is 10.0. The zero-order valence-corrected chi connectivity index (χ0v) is 20.5. The van der Waals surface area contributed by atoms with Crippen LogP contribution in [0.5, 0.6) is 5.75 Å². The van der Waals surface area contributed by atoms with Crippen molar-refractivity contribution >= 4 is 39.8 Å². The number of esters is 1. The van der Waals surface area contributed by atoms with E-state index in [-0.39, 0.29) is 34.4 Å². The van der Waals surface area contributed by atoms with Crippen molar-refractivity contribution in [2.75, 3.05) is 17.9 Å². The molecule has 0 spiro atoms. The second-order valence-corrected chi connectivity index (χ2v) is 8.12. The molecular formula is C24H27ClFNO5S. The lowest BCUT2D eigenvalue weighted by molar-refractivity contribution is 0.0409. The predicted molar refractivity (Wildman–Crippen MR) is 129 cm³/mol. The van der Waals surface area contributed by atoms with E-state index in [0.29, 0.717) is 23.3 Å². The minimum Gasteiger partial charge on any atom is -0.505 e. The van der Waals surface area contributed by atoms with Crippen LogP contribution in [0.4, 0.5) is 10.1 Å². The Kier molecular flexibility index (Phi) is 9.94. The van der Waals surface area contributed by atoms with Gasteiger partial charge >= 0.3 is 5.97 Å². The number of rotatable bonds is 1. The Labute approximate surface area is 200 Å². The van der Waals surface area contributed by atoms with Crippen molar-refractivity contribution < 1.29 is 28.0 Å². The second-order valence-electron chi connectivity index (χ2n) is 6.53. The molecule has 4 bridgehead atoms. The van der Waals surface area contributed by atoms with E-state index >= 15 is 0 Å². The maximum absolute atomic E-state index is 14.5. The summed E-state index contributed by atoms with van der Waals surface area (Å²) in [5.74, 6) is -1.30. The summed E-state index contributed by atoms with van der Waals surface area (Å²) >= 11 is 6.00. The first-order chi connectivity index (χ1) is 15.8. The third kappa shape index (κ3) is 6.36. The lowest BCUT2D eigenvalue weighted by Crippen LogP contribution is -2.12. The molecule has 6 nitrogen and oxygen atoms in total. The topological polar surface area (TPSA) is 84.9 Å². The molecule has 178 valence electrons. The van der Waals surface area contributed by atoms with Gasteiger partial charge in [-0.2, -0.15) is 0 Å². The number of hydrogen-bond donors (Lipinski definition) is 2. The Balaban J connectivity index is 0.00000187. The van der Waals surface area contributed by atoms with Crippen LogP contribution in [-0.4, -0.2) is 28.5 Å². The zero-order chi connectivity index (χ0) is 24.5. The molecule has 2 N–H and O–H groups in total. The number of ether oxygens (including phenoxy) is 2. The number of phenols is 1. The van der Waals surface area contributed by atoms with Gasteiger partial charge in [-0.1, -0.05) is 44.5 Å². The SMILES string of the molecule is C/C=C1/OCCOC(=O)c2cc(Cl)c(O)c(c2)S(=O)Nc2cc(ccc2F)/C1=C/CC.CC. The zero-order valence-electron chi connectivity index (χ0n) is 18.9. The van der Waals surface area contributed by atoms with Crippen LogP contribution in [0.25, 0.3) is 5.57 Å². The Bertz CT molecular complexity index is 1100. The summed E-state index contributed by atoms with van der Waals surface area (Å²) in [5, 5.41) is 10.1. The molecule has 1 unspecified atom stereocenters. The number of halogens is 2. The molecule has 1 aliphatic rings. The van der Waals surface area contributed by atoms with Crippen molar-refractivity contribution in [3.05, 3.63) is 70.2 Å². The maximum Gasteiger partial charge on any atom is 0.338 e. The molecule has 0 aromatic heterocycles. The van der Waals surface area contributed by atoms with E-state index in [1.54, 1.807) is 19.1 Å². The van der Waals surface area contributed by atoms with Gasteiger partial charge in [0.1, 0.15) is 29.7 Å². The summed E-state index contributed by atoms with van der Waals surface area (Å²) in [4.78, 5) is 12.2. The first kappa shape index (κ1) is 26.4. The number of nitrogens with one attached hydrogen (secondary N) is 1. The van der Waals surface area contributed by atoms with Gasteiger partial charge in [-0.15, -0.1) is 0 Å². The molecule has 0 amide bonds. The molecule has 0 radical (unpaired) electrons. The van der Waals surface area contributed by atoms with Crippen LogP contribution in [0.2, 0.25) is 5.02 Å². The van der Waals surface area contributed by atoms with Gasteiger partial charge in [0.15, 0.2) is 16.7 Å².